The van der Waals surface area contributed by atoms with Crippen LogP contribution in [0.5, 0.6) is 17.2 Å². The van der Waals surface area contributed by atoms with Gasteiger partial charge >= 0.3 is 0 Å². The van der Waals surface area contributed by atoms with Gasteiger partial charge in [-0.2, -0.15) is 5.10 Å². The Hall–Kier alpha value is -3.08. The molecule has 156 valence electrons. The van der Waals surface area contributed by atoms with E-state index >= 15 is 0 Å². The van der Waals surface area contributed by atoms with Crippen LogP contribution in [0.25, 0.3) is 0 Å². The predicted octanol–water partition coefficient (Wildman–Crippen LogP) is 1.17. The minimum atomic E-state index is -0.478. The molecule has 0 spiro atoms. The van der Waals surface area contributed by atoms with Crippen LogP contribution in [0.3, 0.4) is 0 Å². The number of anilines is 1. The van der Waals surface area contributed by atoms with Crippen molar-refractivity contribution in [2.24, 2.45) is 13.0 Å². The maximum Gasteiger partial charge on any atom is 0.227 e. The largest absolute Gasteiger partial charge is 0.493 e. The summed E-state index contributed by atoms with van der Waals surface area (Å²) in [5.74, 6) is 1.07. The molecule has 1 atom stereocenters. The molecule has 2 N–H and O–H groups in total. The lowest BCUT2D eigenvalue weighted by molar-refractivity contribution is -0.126. The van der Waals surface area contributed by atoms with Crippen LogP contribution in [-0.4, -0.2) is 54.5 Å². The Morgan fingerprint density at radius 3 is 2.45 bits per heavy atom. The summed E-state index contributed by atoms with van der Waals surface area (Å²) in [5.41, 5.74) is 0.578. The molecule has 2 heterocycles. The molecule has 1 saturated heterocycles. The summed E-state index contributed by atoms with van der Waals surface area (Å²) in [6.45, 7) is 0.472. The zero-order valence-electron chi connectivity index (χ0n) is 16.6. The van der Waals surface area contributed by atoms with Crippen LogP contribution in [0.15, 0.2) is 12.1 Å². The van der Waals surface area contributed by atoms with Crippen molar-refractivity contribution in [2.45, 2.75) is 13.0 Å². The normalized spacial score (nSPS) is 16.1. The summed E-state index contributed by atoms with van der Waals surface area (Å²) in [5, 5.41) is 9.54. The van der Waals surface area contributed by atoms with Gasteiger partial charge < -0.3 is 29.0 Å². The molecule has 1 unspecified atom stereocenters. The molecule has 10 nitrogen and oxygen atoms in total. The fourth-order valence-electron chi connectivity index (χ4n) is 3.20. The molecule has 0 aliphatic carbocycles. The van der Waals surface area contributed by atoms with Crippen molar-refractivity contribution in [2.75, 3.05) is 32.8 Å². The van der Waals surface area contributed by atoms with Gasteiger partial charge in [-0.3, -0.25) is 14.7 Å². The maximum atomic E-state index is 12.6. The highest BCUT2D eigenvalue weighted by Gasteiger charge is 2.36. The number of carbonyl (C=O) groups excluding carboxylic acids is 2. The number of nitrogens with zero attached hydrogens (tertiary/aromatic N) is 3. The van der Waals surface area contributed by atoms with Crippen LogP contribution >= 0.6 is 12.2 Å². The highest BCUT2D eigenvalue weighted by molar-refractivity contribution is 7.71. The van der Waals surface area contributed by atoms with Gasteiger partial charge in [-0.1, -0.05) is 0 Å². The molecule has 1 aromatic carbocycles. The first-order valence-corrected chi connectivity index (χ1v) is 9.28. The molecule has 0 bridgehead atoms. The molecule has 1 aromatic heterocycles. The number of ether oxygens (including phenoxy) is 3. The number of aromatic nitrogens is 3. The number of nitrogens with one attached hydrogen (secondary N) is 2. The second-order valence-corrected chi connectivity index (χ2v) is 6.90. The van der Waals surface area contributed by atoms with Crippen LogP contribution in [-0.2, 0) is 23.2 Å². The Morgan fingerprint density at radius 1 is 1.28 bits per heavy atom. The van der Waals surface area contributed by atoms with Crippen molar-refractivity contribution in [3.05, 3.63) is 22.7 Å². The zero-order chi connectivity index (χ0) is 21.1. The Balaban J connectivity index is 1.73. The zero-order valence-corrected chi connectivity index (χ0v) is 17.5. The first kappa shape index (κ1) is 20.6. The van der Waals surface area contributed by atoms with Crippen molar-refractivity contribution in [3.63, 3.8) is 0 Å². The Morgan fingerprint density at radius 2 is 1.93 bits per heavy atom. The number of carbonyl (C=O) groups is 2. The van der Waals surface area contributed by atoms with E-state index in [0.717, 1.165) is 0 Å². The number of hydrogen-bond acceptors (Lipinski definition) is 7. The van der Waals surface area contributed by atoms with Crippen LogP contribution < -0.4 is 24.4 Å². The summed E-state index contributed by atoms with van der Waals surface area (Å²) in [7, 11) is 6.28. The quantitative estimate of drug-likeness (QED) is 0.646. The number of aromatic amines is 1. The van der Waals surface area contributed by atoms with Crippen LogP contribution in [0.2, 0.25) is 0 Å². The molecule has 0 radical (unpaired) electrons. The lowest BCUT2D eigenvalue weighted by Gasteiger charge is -2.20. The van der Waals surface area contributed by atoms with Crippen molar-refractivity contribution < 1.29 is 23.8 Å². The average Bonchev–Trinajstić information content (AvgIpc) is 3.27. The molecule has 1 aliphatic rings. The van der Waals surface area contributed by atoms with Crippen molar-refractivity contribution in [3.8, 4) is 17.2 Å². The molecule has 3 rings (SSSR count). The molecule has 29 heavy (non-hydrogen) atoms. The van der Waals surface area contributed by atoms with Crippen LogP contribution in [0, 0.1) is 10.7 Å². The molecular formula is C18H23N5O5S. The molecule has 11 heteroatoms. The van der Waals surface area contributed by atoms with E-state index in [9.17, 15) is 9.59 Å². The van der Waals surface area contributed by atoms with Crippen LogP contribution in [0.1, 0.15) is 12.2 Å². The van der Waals surface area contributed by atoms with Gasteiger partial charge in [0.2, 0.25) is 17.6 Å². The summed E-state index contributed by atoms with van der Waals surface area (Å²) in [6, 6.07) is 3.38. The van der Waals surface area contributed by atoms with Gasteiger partial charge in [0.05, 0.1) is 39.5 Å². The number of amides is 2. The molecule has 2 amide bonds. The minimum Gasteiger partial charge on any atom is -0.493 e. The van der Waals surface area contributed by atoms with E-state index in [4.69, 9.17) is 26.4 Å². The SMILES string of the molecule is COc1cc(N2CC(C(=O)NCc3n[nH]c(=S)n3C)CC2=O)cc(OC)c1OC. The average molecular weight is 421 g/mol. The molecule has 1 aliphatic heterocycles. The van der Waals surface area contributed by atoms with Crippen molar-refractivity contribution in [1.82, 2.24) is 20.1 Å². The van der Waals surface area contributed by atoms with E-state index in [1.165, 1.54) is 21.3 Å². The Labute approximate surface area is 172 Å². The lowest BCUT2D eigenvalue weighted by Crippen LogP contribution is -2.33. The highest BCUT2D eigenvalue weighted by Crippen LogP contribution is 2.42. The smallest absolute Gasteiger partial charge is 0.227 e. The number of benzene rings is 1. The fourth-order valence-corrected chi connectivity index (χ4v) is 3.36. The second-order valence-electron chi connectivity index (χ2n) is 6.51. The number of rotatable bonds is 7. The van der Waals surface area contributed by atoms with Crippen molar-refractivity contribution >= 4 is 29.7 Å². The second kappa shape index (κ2) is 8.52. The standard InChI is InChI=1S/C18H23N5O5S/c1-22-14(20-21-18(22)29)8-19-17(25)10-5-15(24)23(9-10)11-6-12(26-2)16(28-4)13(7-11)27-3/h6-7,10H,5,8-9H2,1-4H3,(H,19,25)(H,21,29). The lowest BCUT2D eigenvalue weighted by atomic mass is 10.1. The summed E-state index contributed by atoms with van der Waals surface area (Å²) < 4.78 is 18.2. The first-order chi connectivity index (χ1) is 13.9. The third kappa shape index (κ3) is 4.04. The van der Waals surface area contributed by atoms with E-state index in [0.29, 0.717) is 33.5 Å². The number of methoxy groups -OCH3 is 3. The molecule has 0 saturated carbocycles. The van der Waals surface area contributed by atoms with E-state index < -0.39 is 5.92 Å². The Bertz CT molecular complexity index is 960. The van der Waals surface area contributed by atoms with Gasteiger partial charge in [-0.25, -0.2) is 0 Å². The van der Waals surface area contributed by atoms with Gasteiger partial charge in [-0.15, -0.1) is 0 Å². The minimum absolute atomic E-state index is 0.113. The highest BCUT2D eigenvalue weighted by atomic mass is 32.1. The van der Waals surface area contributed by atoms with Gasteiger partial charge in [0.1, 0.15) is 0 Å². The van der Waals surface area contributed by atoms with Gasteiger partial charge in [0.15, 0.2) is 22.1 Å². The van der Waals surface area contributed by atoms with Gasteiger partial charge in [0, 0.05) is 32.1 Å². The van der Waals surface area contributed by atoms with Crippen LogP contribution in [0.4, 0.5) is 5.69 Å². The molecule has 1 fully saturated rings. The summed E-state index contributed by atoms with van der Waals surface area (Å²) in [6.07, 6.45) is 0.113. The maximum absolute atomic E-state index is 12.6. The van der Waals surface area contributed by atoms with E-state index in [2.05, 4.69) is 15.5 Å². The Kier molecular flexibility index (Phi) is 6.06. The predicted molar refractivity (Wildman–Crippen MR) is 107 cm³/mol. The first-order valence-electron chi connectivity index (χ1n) is 8.88. The summed E-state index contributed by atoms with van der Waals surface area (Å²) >= 11 is 5.06. The molecular weight excluding hydrogens is 398 g/mol. The summed E-state index contributed by atoms with van der Waals surface area (Å²) in [4.78, 5) is 26.7. The monoisotopic (exact) mass is 421 g/mol. The number of hydrogen-bond donors (Lipinski definition) is 2. The van der Waals surface area contributed by atoms with E-state index in [-0.39, 0.29) is 31.3 Å². The third-order valence-corrected chi connectivity index (χ3v) is 5.22. The third-order valence-electron chi connectivity index (χ3n) is 4.85. The van der Waals surface area contributed by atoms with E-state index in [1.807, 2.05) is 0 Å². The van der Waals surface area contributed by atoms with E-state index in [1.54, 1.807) is 28.6 Å². The molecule has 2 aromatic rings. The topological polar surface area (TPSA) is 111 Å². The van der Waals surface area contributed by atoms with Gasteiger partial charge in [0.25, 0.3) is 0 Å². The van der Waals surface area contributed by atoms with Crippen molar-refractivity contribution in [1.29, 1.82) is 0 Å². The van der Waals surface area contributed by atoms with Gasteiger partial charge in [-0.05, 0) is 12.2 Å². The fraction of sp³-hybridized carbons (Fsp3) is 0.444. The number of H-pyrrole nitrogens is 1.